The highest BCUT2D eigenvalue weighted by Crippen LogP contribution is 2.14. The Morgan fingerprint density at radius 2 is 2.14 bits per heavy atom. The average Bonchev–Trinajstić information content (AvgIpc) is 2.54. The SMILES string of the molecule is CCCNCc1cncc(OCc2cccc(OC)c2)n1. The summed E-state index contributed by atoms with van der Waals surface area (Å²) in [5.41, 5.74) is 1.91. The van der Waals surface area contributed by atoms with E-state index in [0.717, 1.165) is 30.0 Å². The molecule has 0 spiro atoms. The Morgan fingerprint density at radius 1 is 1.24 bits per heavy atom. The van der Waals surface area contributed by atoms with Crippen molar-refractivity contribution in [1.82, 2.24) is 15.3 Å². The van der Waals surface area contributed by atoms with Crippen LogP contribution < -0.4 is 14.8 Å². The van der Waals surface area contributed by atoms with Crippen LogP contribution in [0.2, 0.25) is 0 Å². The van der Waals surface area contributed by atoms with Crippen molar-refractivity contribution in [2.24, 2.45) is 0 Å². The number of ether oxygens (including phenoxy) is 2. The third-order valence-corrected chi connectivity index (χ3v) is 2.92. The van der Waals surface area contributed by atoms with Gasteiger partial charge in [-0.25, -0.2) is 4.98 Å². The number of methoxy groups -OCH3 is 1. The second kappa shape index (κ2) is 8.21. The molecule has 2 aromatic rings. The summed E-state index contributed by atoms with van der Waals surface area (Å²) >= 11 is 0. The first kappa shape index (κ1) is 15.3. The fourth-order valence-corrected chi connectivity index (χ4v) is 1.85. The largest absolute Gasteiger partial charge is 0.497 e. The lowest BCUT2D eigenvalue weighted by Crippen LogP contribution is -2.15. The minimum atomic E-state index is 0.442. The van der Waals surface area contributed by atoms with Gasteiger partial charge < -0.3 is 14.8 Å². The van der Waals surface area contributed by atoms with Gasteiger partial charge in [0.15, 0.2) is 0 Å². The Balaban J connectivity index is 1.91. The van der Waals surface area contributed by atoms with Gasteiger partial charge in [-0.05, 0) is 30.7 Å². The third-order valence-electron chi connectivity index (χ3n) is 2.92. The minimum absolute atomic E-state index is 0.442. The fourth-order valence-electron chi connectivity index (χ4n) is 1.85. The lowest BCUT2D eigenvalue weighted by Gasteiger charge is -2.08. The smallest absolute Gasteiger partial charge is 0.232 e. The zero-order chi connectivity index (χ0) is 14.9. The Labute approximate surface area is 125 Å². The normalized spacial score (nSPS) is 10.4. The van der Waals surface area contributed by atoms with Crippen LogP contribution in [0.5, 0.6) is 11.6 Å². The summed E-state index contributed by atoms with van der Waals surface area (Å²) in [6, 6.07) is 7.78. The Morgan fingerprint density at radius 3 is 2.95 bits per heavy atom. The summed E-state index contributed by atoms with van der Waals surface area (Å²) in [6.07, 6.45) is 4.48. The first-order chi connectivity index (χ1) is 10.3. The second-order valence-electron chi connectivity index (χ2n) is 4.67. The highest BCUT2D eigenvalue weighted by Gasteiger charge is 2.02. The summed E-state index contributed by atoms with van der Waals surface area (Å²) in [4.78, 5) is 8.58. The van der Waals surface area contributed by atoms with Crippen molar-refractivity contribution >= 4 is 0 Å². The van der Waals surface area contributed by atoms with Crippen LogP contribution in [0.3, 0.4) is 0 Å². The number of nitrogens with zero attached hydrogens (tertiary/aromatic N) is 2. The lowest BCUT2D eigenvalue weighted by molar-refractivity contribution is 0.290. The van der Waals surface area contributed by atoms with Crippen LogP contribution in [0.4, 0.5) is 0 Å². The van der Waals surface area contributed by atoms with Crippen LogP contribution in [0.1, 0.15) is 24.6 Å². The van der Waals surface area contributed by atoms with Gasteiger partial charge >= 0.3 is 0 Å². The maximum Gasteiger partial charge on any atom is 0.232 e. The predicted molar refractivity (Wildman–Crippen MR) is 81.4 cm³/mol. The monoisotopic (exact) mass is 287 g/mol. The third kappa shape index (κ3) is 5.04. The van der Waals surface area contributed by atoms with Gasteiger partial charge in [0.05, 0.1) is 19.0 Å². The highest BCUT2D eigenvalue weighted by atomic mass is 16.5. The van der Waals surface area contributed by atoms with E-state index in [1.54, 1.807) is 19.5 Å². The number of benzene rings is 1. The Kier molecular flexibility index (Phi) is 5.97. The quantitative estimate of drug-likeness (QED) is 0.756. The maximum absolute atomic E-state index is 5.68. The highest BCUT2D eigenvalue weighted by molar-refractivity contribution is 5.28. The van der Waals surface area contributed by atoms with E-state index in [4.69, 9.17) is 9.47 Å². The van der Waals surface area contributed by atoms with Crippen molar-refractivity contribution in [3.63, 3.8) is 0 Å². The predicted octanol–water partition coefficient (Wildman–Crippen LogP) is 2.56. The molecule has 1 aromatic carbocycles. The van der Waals surface area contributed by atoms with Gasteiger partial charge in [-0.3, -0.25) is 4.98 Å². The summed E-state index contributed by atoms with van der Waals surface area (Å²) in [7, 11) is 1.65. The first-order valence-electron chi connectivity index (χ1n) is 7.09. The zero-order valence-corrected chi connectivity index (χ0v) is 12.5. The molecular weight excluding hydrogens is 266 g/mol. The second-order valence-corrected chi connectivity index (χ2v) is 4.67. The summed E-state index contributed by atoms with van der Waals surface area (Å²) in [5.74, 6) is 1.35. The maximum atomic E-state index is 5.68. The van der Waals surface area contributed by atoms with Gasteiger partial charge in [0, 0.05) is 12.7 Å². The molecule has 0 atom stereocenters. The molecule has 0 aliphatic rings. The summed E-state index contributed by atoms with van der Waals surface area (Å²) in [5, 5.41) is 3.29. The van der Waals surface area contributed by atoms with E-state index in [1.165, 1.54) is 0 Å². The molecule has 0 aliphatic carbocycles. The van der Waals surface area contributed by atoms with E-state index in [2.05, 4.69) is 22.2 Å². The van der Waals surface area contributed by atoms with Crippen molar-refractivity contribution < 1.29 is 9.47 Å². The molecule has 0 saturated carbocycles. The molecule has 1 heterocycles. The van der Waals surface area contributed by atoms with Crippen molar-refractivity contribution in [1.29, 1.82) is 0 Å². The molecule has 5 heteroatoms. The topological polar surface area (TPSA) is 56.3 Å². The molecule has 5 nitrogen and oxygen atoms in total. The average molecular weight is 287 g/mol. The molecular formula is C16H21N3O2. The lowest BCUT2D eigenvalue weighted by atomic mass is 10.2. The van der Waals surface area contributed by atoms with E-state index in [-0.39, 0.29) is 0 Å². The van der Waals surface area contributed by atoms with Crippen molar-refractivity contribution in [3.8, 4) is 11.6 Å². The van der Waals surface area contributed by atoms with E-state index >= 15 is 0 Å². The van der Waals surface area contributed by atoms with Crippen LogP contribution >= 0.6 is 0 Å². The van der Waals surface area contributed by atoms with E-state index in [9.17, 15) is 0 Å². The van der Waals surface area contributed by atoms with E-state index in [0.29, 0.717) is 19.0 Å². The zero-order valence-electron chi connectivity index (χ0n) is 12.5. The van der Waals surface area contributed by atoms with Gasteiger partial charge in [-0.15, -0.1) is 0 Å². The molecule has 2 rings (SSSR count). The van der Waals surface area contributed by atoms with Crippen molar-refractivity contribution in [2.45, 2.75) is 26.5 Å². The number of aromatic nitrogens is 2. The Bertz CT molecular complexity index is 561. The van der Waals surface area contributed by atoms with Crippen molar-refractivity contribution in [2.75, 3.05) is 13.7 Å². The molecule has 0 bridgehead atoms. The first-order valence-corrected chi connectivity index (χ1v) is 7.09. The van der Waals surface area contributed by atoms with Crippen molar-refractivity contribution in [3.05, 3.63) is 47.9 Å². The molecule has 112 valence electrons. The number of hydrogen-bond acceptors (Lipinski definition) is 5. The van der Waals surface area contributed by atoms with E-state index < -0.39 is 0 Å². The molecule has 0 radical (unpaired) electrons. The number of nitrogens with one attached hydrogen (secondary N) is 1. The van der Waals surface area contributed by atoms with Gasteiger partial charge in [0.2, 0.25) is 5.88 Å². The van der Waals surface area contributed by atoms with Crippen LogP contribution in [-0.2, 0) is 13.2 Å². The molecule has 0 amide bonds. The van der Waals surface area contributed by atoms with Gasteiger partial charge in [-0.1, -0.05) is 19.1 Å². The number of rotatable bonds is 8. The van der Waals surface area contributed by atoms with E-state index in [1.807, 2.05) is 24.3 Å². The molecule has 1 aromatic heterocycles. The minimum Gasteiger partial charge on any atom is -0.497 e. The van der Waals surface area contributed by atoms with Crippen LogP contribution in [0.25, 0.3) is 0 Å². The molecule has 0 saturated heterocycles. The molecule has 0 unspecified atom stereocenters. The standard InChI is InChI=1S/C16H21N3O2/c1-3-7-17-9-14-10-18-11-16(19-14)21-12-13-5-4-6-15(8-13)20-2/h4-6,8,10-11,17H,3,7,9,12H2,1-2H3. The number of hydrogen-bond donors (Lipinski definition) is 1. The van der Waals surface area contributed by atoms with Gasteiger partial charge in [-0.2, -0.15) is 0 Å². The Hall–Kier alpha value is -2.14. The molecule has 0 fully saturated rings. The molecule has 0 aliphatic heterocycles. The molecule has 21 heavy (non-hydrogen) atoms. The fraction of sp³-hybridized carbons (Fsp3) is 0.375. The summed E-state index contributed by atoms with van der Waals surface area (Å²) in [6.45, 7) is 4.25. The van der Waals surface area contributed by atoms with Crippen LogP contribution in [0.15, 0.2) is 36.7 Å². The van der Waals surface area contributed by atoms with Gasteiger partial charge in [0.1, 0.15) is 12.4 Å². The van der Waals surface area contributed by atoms with Gasteiger partial charge in [0.25, 0.3) is 0 Å². The van der Waals surface area contributed by atoms with Crippen LogP contribution in [0, 0.1) is 0 Å². The van der Waals surface area contributed by atoms with Crippen LogP contribution in [-0.4, -0.2) is 23.6 Å². The molecule has 1 N–H and O–H groups in total. The summed E-state index contributed by atoms with van der Waals surface area (Å²) < 4.78 is 10.9.